The lowest BCUT2D eigenvalue weighted by Crippen LogP contribution is -2.23. The summed E-state index contributed by atoms with van der Waals surface area (Å²) >= 11 is 0. The van der Waals surface area contributed by atoms with Crippen LogP contribution >= 0.6 is 0 Å². The van der Waals surface area contributed by atoms with E-state index in [0.29, 0.717) is 11.9 Å². The molecular weight excluding hydrogens is 328 g/mol. The first-order valence-electron chi connectivity index (χ1n) is 8.29. The van der Waals surface area contributed by atoms with Crippen LogP contribution in [0.4, 0.5) is 0 Å². The average molecular weight is 346 g/mol. The number of fused-ring (bicyclic) bond motifs is 1. The molecule has 0 aliphatic heterocycles. The first-order valence-corrected chi connectivity index (χ1v) is 8.29. The summed E-state index contributed by atoms with van der Waals surface area (Å²) in [6.45, 7) is 2.35. The van der Waals surface area contributed by atoms with Crippen LogP contribution in [0.15, 0.2) is 59.7 Å². The minimum atomic E-state index is -0.117. The molecule has 0 unspecified atom stereocenters. The number of H-pyrrole nitrogens is 1. The van der Waals surface area contributed by atoms with E-state index in [4.69, 9.17) is 4.74 Å². The van der Waals surface area contributed by atoms with Gasteiger partial charge in [0.25, 0.3) is 5.56 Å². The summed E-state index contributed by atoms with van der Waals surface area (Å²) in [5, 5.41) is 12.8. The lowest BCUT2D eigenvalue weighted by atomic mass is 10.0. The van der Waals surface area contributed by atoms with Gasteiger partial charge in [0.15, 0.2) is 0 Å². The molecule has 0 bridgehead atoms. The number of hydrogen-bond donors (Lipinski definition) is 1. The van der Waals surface area contributed by atoms with E-state index in [9.17, 15) is 4.79 Å². The fraction of sp³-hybridized carbons (Fsp3) is 0.150. The monoisotopic (exact) mass is 346 g/mol. The number of methoxy groups -OCH3 is 1. The third-order valence-corrected chi connectivity index (χ3v) is 4.46. The van der Waals surface area contributed by atoms with Gasteiger partial charge in [-0.1, -0.05) is 24.3 Å². The van der Waals surface area contributed by atoms with Gasteiger partial charge in [0.05, 0.1) is 31.4 Å². The second-order valence-electron chi connectivity index (χ2n) is 6.17. The summed E-state index contributed by atoms with van der Waals surface area (Å²) < 4.78 is 6.72. The summed E-state index contributed by atoms with van der Waals surface area (Å²) in [7, 11) is 1.62. The molecule has 6 heteroatoms. The number of ether oxygens (including phenoxy) is 1. The minimum Gasteiger partial charge on any atom is -0.497 e. The zero-order chi connectivity index (χ0) is 18.1. The van der Waals surface area contributed by atoms with Crippen molar-refractivity contribution in [2.45, 2.75) is 13.5 Å². The Hall–Kier alpha value is -3.41. The SMILES string of the molecule is COc1cccc(Cn2ncc3ccc(-c4cn[nH]c4C)cc3c2=O)c1. The molecule has 0 atom stereocenters. The molecule has 0 spiro atoms. The van der Waals surface area contributed by atoms with Crippen LogP contribution in [0.5, 0.6) is 5.75 Å². The molecule has 0 aliphatic carbocycles. The van der Waals surface area contributed by atoms with Gasteiger partial charge in [-0.05, 0) is 36.2 Å². The van der Waals surface area contributed by atoms with E-state index in [1.165, 1.54) is 4.68 Å². The van der Waals surface area contributed by atoms with Crippen molar-refractivity contribution in [2.75, 3.05) is 7.11 Å². The quantitative estimate of drug-likeness (QED) is 0.616. The van der Waals surface area contributed by atoms with E-state index in [2.05, 4.69) is 15.3 Å². The Morgan fingerprint density at radius 3 is 2.81 bits per heavy atom. The number of nitrogens with one attached hydrogen (secondary N) is 1. The summed E-state index contributed by atoms with van der Waals surface area (Å²) in [5.74, 6) is 0.758. The van der Waals surface area contributed by atoms with E-state index in [1.54, 1.807) is 19.5 Å². The predicted molar refractivity (Wildman–Crippen MR) is 100 cm³/mol. The van der Waals surface area contributed by atoms with Crippen LogP contribution < -0.4 is 10.3 Å². The summed E-state index contributed by atoms with van der Waals surface area (Å²) in [6.07, 6.45) is 3.50. The molecule has 2 heterocycles. The molecule has 0 radical (unpaired) electrons. The predicted octanol–water partition coefficient (Wildman–Crippen LogP) is 3.15. The van der Waals surface area contributed by atoms with Crippen LogP contribution in [0.25, 0.3) is 21.9 Å². The molecule has 130 valence electrons. The number of aromatic nitrogens is 4. The lowest BCUT2D eigenvalue weighted by Gasteiger charge is -2.08. The Labute approximate surface area is 150 Å². The van der Waals surface area contributed by atoms with Gasteiger partial charge < -0.3 is 4.74 Å². The van der Waals surface area contributed by atoms with Crippen LogP contribution in [0.1, 0.15) is 11.3 Å². The lowest BCUT2D eigenvalue weighted by molar-refractivity contribution is 0.414. The number of aryl methyl sites for hydroxylation is 1. The molecule has 4 aromatic rings. The maximum Gasteiger partial charge on any atom is 0.274 e. The van der Waals surface area contributed by atoms with Crippen molar-refractivity contribution in [3.05, 3.63) is 76.5 Å². The van der Waals surface area contributed by atoms with Crippen molar-refractivity contribution >= 4 is 10.8 Å². The molecule has 0 amide bonds. The van der Waals surface area contributed by atoms with Crippen LogP contribution in [-0.2, 0) is 6.54 Å². The van der Waals surface area contributed by atoms with Gasteiger partial charge in [0.2, 0.25) is 0 Å². The molecule has 2 aromatic carbocycles. The molecule has 6 nitrogen and oxygen atoms in total. The third-order valence-electron chi connectivity index (χ3n) is 4.46. The highest BCUT2D eigenvalue weighted by Crippen LogP contribution is 2.24. The smallest absolute Gasteiger partial charge is 0.274 e. The van der Waals surface area contributed by atoms with Gasteiger partial charge >= 0.3 is 0 Å². The molecule has 0 saturated carbocycles. The number of hydrogen-bond acceptors (Lipinski definition) is 4. The van der Waals surface area contributed by atoms with E-state index in [-0.39, 0.29) is 5.56 Å². The molecule has 0 fully saturated rings. The van der Waals surface area contributed by atoms with Gasteiger partial charge in [-0.15, -0.1) is 0 Å². The van der Waals surface area contributed by atoms with Crippen LogP contribution in [0.2, 0.25) is 0 Å². The topological polar surface area (TPSA) is 72.8 Å². The Balaban J connectivity index is 1.78. The number of aromatic amines is 1. The average Bonchev–Trinajstić information content (AvgIpc) is 3.10. The fourth-order valence-electron chi connectivity index (χ4n) is 3.04. The Morgan fingerprint density at radius 1 is 1.15 bits per heavy atom. The van der Waals surface area contributed by atoms with Crippen LogP contribution in [0, 0.1) is 6.92 Å². The van der Waals surface area contributed by atoms with Gasteiger partial charge in [-0.3, -0.25) is 9.89 Å². The largest absolute Gasteiger partial charge is 0.497 e. The first-order chi connectivity index (χ1) is 12.7. The van der Waals surface area contributed by atoms with Crippen LogP contribution in [-0.4, -0.2) is 27.1 Å². The second kappa shape index (κ2) is 6.48. The molecule has 4 rings (SSSR count). The maximum atomic E-state index is 12.9. The van der Waals surface area contributed by atoms with Gasteiger partial charge in [0.1, 0.15) is 5.75 Å². The first kappa shape index (κ1) is 16.1. The molecule has 2 aromatic heterocycles. The number of benzene rings is 2. The third kappa shape index (κ3) is 2.86. The fourth-order valence-corrected chi connectivity index (χ4v) is 3.04. The van der Waals surface area contributed by atoms with Gasteiger partial charge in [-0.2, -0.15) is 10.2 Å². The van der Waals surface area contributed by atoms with Crippen molar-refractivity contribution in [3.8, 4) is 16.9 Å². The van der Waals surface area contributed by atoms with Crippen molar-refractivity contribution < 1.29 is 4.74 Å². The second-order valence-corrected chi connectivity index (χ2v) is 6.17. The highest BCUT2D eigenvalue weighted by molar-refractivity contribution is 5.86. The van der Waals surface area contributed by atoms with Crippen molar-refractivity contribution in [1.82, 2.24) is 20.0 Å². The Morgan fingerprint density at radius 2 is 2.04 bits per heavy atom. The van der Waals surface area contributed by atoms with E-state index in [1.807, 2.05) is 49.4 Å². The highest BCUT2D eigenvalue weighted by Gasteiger charge is 2.09. The Bertz CT molecular complexity index is 1140. The van der Waals surface area contributed by atoms with E-state index < -0.39 is 0 Å². The summed E-state index contributed by atoms with van der Waals surface area (Å²) in [4.78, 5) is 12.9. The van der Waals surface area contributed by atoms with Crippen molar-refractivity contribution in [2.24, 2.45) is 0 Å². The van der Waals surface area contributed by atoms with Gasteiger partial charge in [0, 0.05) is 16.6 Å². The van der Waals surface area contributed by atoms with Crippen LogP contribution in [0.3, 0.4) is 0 Å². The zero-order valence-corrected chi connectivity index (χ0v) is 14.6. The number of nitrogens with zero attached hydrogens (tertiary/aromatic N) is 3. The van der Waals surface area contributed by atoms with E-state index in [0.717, 1.165) is 33.5 Å². The standard InChI is InChI=1S/C20H18N4O2/c1-13-19(11-21-23-13)15-6-7-16-10-22-24(20(25)18(16)9-15)12-14-4-3-5-17(8-14)26-2/h3-11H,12H2,1-2H3,(H,21,23). The van der Waals surface area contributed by atoms with Gasteiger partial charge in [-0.25, -0.2) is 4.68 Å². The summed E-state index contributed by atoms with van der Waals surface area (Å²) in [5.41, 5.74) is 3.76. The van der Waals surface area contributed by atoms with Crippen molar-refractivity contribution in [3.63, 3.8) is 0 Å². The zero-order valence-electron chi connectivity index (χ0n) is 14.6. The normalized spacial score (nSPS) is 11.0. The molecule has 0 aliphatic rings. The van der Waals surface area contributed by atoms with E-state index >= 15 is 0 Å². The number of rotatable bonds is 4. The molecule has 0 saturated heterocycles. The Kier molecular flexibility index (Phi) is 4.01. The molecular formula is C20H18N4O2. The maximum absolute atomic E-state index is 12.9. The minimum absolute atomic E-state index is 0.117. The molecule has 26 heavy (non-hydrogen) atoms. The molecule has 1 N–H and O–H groups in total. The summed E-state index contributed by atoms with van der Waals surface area (Å²) in [6, 6.07) is 13.4. The highest BCUT2D eigenvalue weighted by atomic mass is 16.5. The van der Waals surface area contributed by atoms with Crippen molar-refractivity contribution in [1.29, 1.82) is 0 Å².